The first-order chi connectivity index (χ1) is 11.7. The van der Waals surface area contributed by atoms with Crippen LogP contribution in [-0.2, 0) is 0 Å². The predicted molar refractivity (Wildman–Crippen MR) is 94.9 cm³/mol. The summed E-state index contributed by atoms with van der Waals surface area (Å²) in [4.78, 5) is 16.5. The standard InChI is InChI=1S/C19H23N3O2/c1-2-24-18-9-7-16(8-10-18)21-17-11-14(12-20-13-17)19(23)22-15-5-3-4-6-15/h7-13,15,21H,2-6H2,1H3,(H,22,23). The molecule has 2 N–H and O–H groups in total. The van der Waals surface area contributed by atoms with Gasteiger partial charge in [0.2, 0.25) is 0 Å². The summed E-state index contributed by atoms with van der Waals surface area (Å²) in [7, 11) is 0. The van der Waals surface area contributed by atoms with E-state index in [4.69, 9.17) is 4.74 Å². The highest BCUT2D eigenvalue weighted by Crippen LogP contribution is 2.21. The second-order valence-corrected chi connectivity index (χ2v) is 6.00. The number of hydrogen-bond acceptors (Lipinski definition) is 4. The lowest BCUT2D eigenvalue weighted by Gasteiger charge is -2.13. The SMILES string of the molecule is CCOc1ccc(Nc2cncc(C(=O)NC3CCCC3)c2)cc1. The number of hydrogen-bond donors (Lipinski definition) is 2. The summed E-state index contributed by atoms with van der Waals surface area (Å²) in [5, 5.41) is 6.35. The molecule has 24 heavy (non-hydrogen) atoms. The van der Waals surface area contributed by atoms with E-state index in [0.29, 0.717) is 18.2 Å². The number of nitrogens with zero attached hydrogens (tertiary/aromatic N) is 1. The van der Waals surface area contributed by atoms with Crippen LogP contribution in [0.3, 0.4) is 0 Å². The van der Waals surface area contributed by atoms with Gasteiger partial charge in [0, 0.05) is 17.9 Å². The minimum atomic E-state index is -0.0512. The van der Waals surface area contributed by atoms with Crippen LogP contribution in [-0.4, -0.2) is 23.5 Å². The van der Waals surface area contributed by atoms with Crippen LogP contribution in [0.25, 0.3) is 0 Å². The fourth-order valence-corrected chi connectivity index (χ4v) is 2.94. The number of benzene rings is 1. The number of ether oxygens (including phenoxy) is 1. The Hall–Kier alpha value is -2.56. The quantitative estimate of drug-likeness (QED) is 0.845. The van der Waals surface area contributed by atoms with Gasteiger partial charge in [-0.05, 0) is 50.1 Å². The average Bonchev–Trinajstić information content (AvgIpc) is 3.10. The number of rotatable bonds is 6. The predicted octanol–water partition coefficient (Wildman–Crippen LogP) is 3.90. The van der Waals surface area contributed by atoms with E-state index >= 15 is 0 Å². The Morgan fingerprint density at radius 2 is 1.92 bits per heavy atom. The molecular formula is C19H23N3O2. The minimum absolute atomic E-state index is 0.0512. The van der Waals surface area contributed by atoms with Gasteiger partial charge in [0.1, 0.15) is 5.75 Å². The van der Waals surface area contributed by atoms with E-state index in [0.717, 1.165) is 30.0 Å². The number of aromatic nitrogens is 1. The Labute approximate surface area is 142 Å². The fourth-order valence-electron chi connectivity index (χ4n) is 2.94. The van der Waals surface area contributed by atoms with Gasteiger partial charge in [-0.2, -0.15) is 0 Å². The second-order valence-electron chi connectivity index (χ2n) is 6.00. The van der Waals surface area contributed by atoms with Gasteiger partial charge in [-0.3, -0.25) is 9.78 Å². The summed E-state index contributed by atoms with van der Waals surface area (Å²) in [5.41, 5.74) is 2.30. The molecule has 0 aliphatic heterocycles. The van der Waals surface area contributed by atoms with Crippen LogP contribution in [0.5, 0.6) is 5.75 Å². The first-order valence-electron chi connectivity index (χ1n) is 8.50. The zero-order chi connectivity index (χ0) is 16.8. The minimum Gasteiger partial charge on any atom is -0.494 e. The highest BCUT2D eigenvalue weighted by molar-refractivity contribution is 5.95. The normalized spacial score (nSPS) is 14.4. The zero-order valence-electron chi connectivity index (χ0n) is 13.9. The van der Waals surface area contributed by atoms with Crippen LogP contribution < -0.4 is 15.4 Å². The summed E-state index contributed by atoms with van der Waals surface area (Å²) in [6.07, 6.45) is 7.86. The van der Waals surface area contributed by atoms with Crippen molar-refractivity contribution in [3.63, 3.8) is 0 Å². The van der Waals surface area contributed by atoms with Crippen LogP contribution in [0, 0.1) is 0 Å². The third-order valence-corrected chi connectivity index (χ3v) is 4.14. The van der Waals surface area contributed by atoms with Crippen LogP contribution in [0.4, 0.5) is 11.4 Å². The maximum atomic E-state index is 12.3. The van der Waals surface area contributed by atoms with Crippen molar-refractivity contribution in [1.82, 2.24) is 10.3 Å². The van der Waals surface area contributed by atoms with E-state index in [1.54, 1.807) is 12.4 Å². The van der Waals surface area contributed by atoms with Gasteiger partial charge >= 0.3 is 0 Å². The highest BCUT2D eigenvalue weighted by atomic mass is 16.5. The number of pyridine rings is 1. The molecule has 1 aliphatic carbocycles. The maximum absolute atomic E-state index is 12.3. The van der Waals surface area contributed by atoms with E-state index in [1.807, 2.05) is 37.3 Å². The van der Waals surface area contributed by atoms with Gasteiger partial charge < -0.3 is 15.4 Å². The van der Waals surface area contributed by atoms with E-state index in [9.17, 15) is 4.79 Å². The molecule has 2 aromatic rings. The summed E-state index contributed by atoms with van der Waals surface area (Å²) in [6, 6.07) is 9.84. The van der Waals surface area contributed by atoms with Crippen LogP contribution in [0.1, 0.15) is 43.0 Å². The number of nitrogens with one attached hydrogen (secondary N) is 2. The second kappa shape index (κ2) is 7.81. The molecule has 1 fully saturated rings. The van der Waals surface area contributed by atoms with Crippen LogP contribution in [0.2, 0.25) is 0 Å². The van der Waals surface area contributed by atoms with Crippen LogP contribution >= 0.6 is 0 Å². The zero-order valence-corrected chi connectivity index (χ0v) is 13.9. The molecule has 5 heteroatoms. The number of amides is 1. The highest BCUT2D eigenvalue weighted by Gasteiger charge is 2.18. The molecule has 0 saturated heterocycles. The molecule has 0 radical (unpaired) electrons. The van der Waals surface area contributed by atoms with Crippen molar-refractivity contribution in [2.24, 2.45) is 0 Å². The molecular weight excluding hydrogens is 302 g/mol. The number of carbonyl (C=O) groups excluding carboxylic acids is 1. The maximum Gasteiger partial charge on any atom is 0.253 e. The Morgan fingerprint density at radius 3 is 2.62 bits per heavy atom. The van der Waals surface area contributed by atoms with E-state index in [-0.39, 0.29) is 5.91 Å². The molecule has 1 aliphatic rings. The molecule has 0 bridgehead atoms. The Morgan fingerprint density at radius 1 is 1.17 bits per heavy atom. The molecule has 3 rings (SSSR count). The lowest BCUT2D eigenvalue weighted by atomic mass is 10.2. The third-order valence-electron chi connectivity index (χ3n) is 4.14. The molecule has 1 aromatic carbocycles. The van der Waals surface area contributed by atoms with Crippen molar-refractivity contribution in [1.29, 1.82) is 0 Å². The summed E-state index contributed by atoms with van der Waals surface area (Å²) in [6.45, 7) is 2.61. The van der Waals surface area contributed by atoms with Gasteiger partial charge in [0.05, 0.1) is 24.1 Å². The lowest BCUT2D eigenvalue weighted by Crippen LogP contribution is -2.32. The molecule has 5 nitrogen and oxygen atoms in total. The third kappa shape index (κ3) is 4.25. The molecule has 0 atom stereocenters. The average molecular weight is 325 g/mol. The van der Waals surface area contributed by atoms with Crippen molar-refractivity contribution in [2.75, 3.05) is 11.9 Å². The molecule has 1 heterocycles. The van der Waals surface area contributed by atoms with Crippen molar-refractivity contribution in [3.8, 4) is 5.75 Å². The smallest absolute Gasteiger partial charge is 0.253 e. The van der Waals surface area contributed by atoms with Gasteiger partial charge in [-0.1, -0.05) is 12.8 Å². The van der Waals surface area contributed by atoms with E-state index in [1.165, 1.54) is 12.8 Å². The summed E-state index contributed by atoms with van der Waals surface area (Å²) >= 11 is 0. The summed E-state index contributed by atoms with van der Waals surface area (Å²) in [5.74, 6) is 0.788. The van der Waals surface area contributed by atoms with Gasteiger partial charge in [-0.25, -0.2) is 0 Å². The lowest BCUT2D eigenvalue weighted by molar-refractivity contribution is 0.0937. The molecule has 126 valence electrons. The van der Waals surface area contributed by atoms with Crippen molar-refractivity contribution >= 4 is 17.3 Å². The molecule has 1 saturated carbocycles. The Bertz CT molecular complexity index is 679. The van der Waals surface area contributed by atoms with E-state index < -0.39 is 0 Å². The molecule has 0 spiro atoms. The first kappa shape index (κ1) is 16.3. The summed E-state index contributed by atoms with van der Waals surface area (Å²) < 4.78 is 5.43. The van der Waals surface area contributed by atoms with Crippen LogP contribution in [0.15, 0.2) is 42.7 Å². The number of carbonyl (C=O) groups is 1. The Balaban J connectivity index is 1.64. The fraction of sp³-hybridized carbons (Fsp3) is 0.368. The van der Waals surface area contributed by atoms with Gasteiger partial charge in [0.15, 0.2) is 0 Å². The first-order valence-corrected chi connectivity index (χ1v) is 8.50. The molecule has 1 amide bonds. The van der Waals surface area contributed by atoms with Crippen molar-refractivity contribution in [2.45, 2.75) is 38.6 Å². The van der Waals surface area contributed by atoms with Crippen molar-refractivity contribution in [3.05, 3.63) is 48.3 Å². The molecule has 0 unspecified atom stereocenters. The van der Waals surface area contributed by atoms with Gasteiger partial charge in [0.25, 0.3) is 5.91 Å². The Kier molecular flexibility index (Phi) is 5.31. The monoisotopic (exact) mass is 325 g/mol. The topological polar surface area (TPSA) is 63.2 Å². The number of anilines is 2. The van der Waals surface area contributed by atoms with Crippen molar-refractivity contribution < 1.29 is 9.53 Å². The molecule has 1 aromatic heterocycles. The van der Waals surface area contributed by atoms with E-state index in [2.05, 4.69) is 15.6 Å². The van der Waals surface area contributed by atoms with Gasteiger partial charge in [-0.15, -0.1) is 0 Å². The largest absolute Gasteiger partial charge is 0.494 e.